The number of hydrogen-bond acceptors (Lipinski definition) is 7. The average molecular weight is 466 g/mol. The Morgan fingerprint density at radius 2 is 2.00 bits per heavy atom. The van der Waals surface area contributed by atoms with Crippen molar-refractivity contribution in [2.75, 3.05) is 57.9 Å². The first-order chi connectivity index (χ1) is 15.1. The summed E-state index contributed by atoms with van der Waals surface area (Å²) in [5, 5.41) is 8.83. The number of nitrogens with zero attached hydrogens (tertiary/aromatic N) is 1. The van der Waals surface area contributed by atoms with Gasteiger partial charge in [0.25, 0.3) is 0 Å². The molecule has 0 radical (unpaired) electrons. The van der Waals surface area contributed by atoms with Crippen LogP contribution in [0.4, 0.5) is 5.00 Å². The van der Waals surface area contributed by atoms with E-state index in [0.29, 0.717) is 21.2 Å². The van der Waals surface area contributed by atoms with Crippen LogP contribution in [0.25, 0.3) is 11.1 Å². The van der Waals surface area contributed by atoms with Gasteiger partial charge in [0.05, 0.1) is 26.4 Å². The highest BCUT2D eigenvalue weighted by atomic mass is 35.5. The fourth-order valence-electron chi connectivity index (χ4n) is 3.36. The molecular weight excluding hydrogens is 438 g/mol. The fourth-order valence-corrected chi connectivity index (χ4v) is 4.56. The molecule has 0 saturated carbocycles. The van der Waals surface area contributed by atoms with Crippen molar-refractivity contribution in [2.24, 2.45) is 0 Å². The van der Waals surface area contributed by atoms with E-state index >= 15 is 0 Å². The smallest absolute Gasteiger partial charge is 0.341 e. The summed E-state index contributed by atoms with van der Waals surface area (Å²) < 4.78 is 10.6. The van der Waals surface area contributed by atoms with Crippen molar-refractivity contribution in [3.63, 3.8) is 0 Å². The van der Waals surface area contributed by atoms with Gasteiger partial charge >= 0.3 is 5.97 Å². The van der Waals surface area contributed by atoms with Gasteiger partial charge in [-0.25, -0.2) is 4.79 Å². The Labute approximate surface area is 191 Å². The maximum Gasteiger partial charge on any atom is 0.341 e. The molecule has 0 atom stereocenters. The third-order valence-electron chi connectivity index (χ3n) is 4.90. The Kier molecular flexibility index (Phi) is 9.30. The van der Waals surface area contributed by atoms with E-state index in [9.17, 15) is 9.59 Å². The zero-order valence-electron chi connectivity index (χ0n) is 17.6. The van der Waals surface area contributed by atoms with Crippen molar-refractivity contribution in [1.82, 2.24) is 10.2 Å². The van der Waals surface area contributed by atoms with Gasteiger partial charge in [-0.1, -0.05) is 29.8 Å². The quantitative estimate of drug-likeness (QED) is 0.413. The normalized spacial score (nSPS) is 14.4. The van der Waals surface area contributed by atoms with Crippen molar-refractivity contribution < 1.29 is 19.1 Å². The Hall–Kier alpha value is -1.97. The molecule has 1 aromatic carbocycles. The average Bonchev–Trinajstić information content (AvgIpc) is 3.18. The van der Waals surface area contributed by atoms with E-state index in [4.69, 9.17) is 21.1 Å². The first-order valence-electron chi connectivity index (χ1n) is 10.4. The van der Waals surface area contributed by atoms with Gasteiger partial charge in [0.15, 0.2) is 0 Å². The first kappa shape index (κ1) is 23.7. The van der Waals surface area contributed by atoms with Crippen LogP contribution in [0.1, 0.15) is 23.7 Å². The first-order valence-corrected chi connectivity index (χ1v) is 11.7. The summed E-state index contributed by atoms with van der Waals surface area (Å²) >= 11 is 7.61. The summed E-state index contributed by atoms with van der Waals surface area (Å²) in [6, 6.07) is 7.29. The standard InChI is InChI=1S/C22H28ClN3O4S/c1-2-30-22(28)20-17(16-6-3-4-7-18(16)23)15-31-21(20)25-19(27)14-24-8-5-9-26-10-12-29-13-11-26/h3-4,6-7,15,24H,2,5,8-14H2,1H3,(H,25,27). The van der Waals surface area contributed by atoms with Gasteiger partial charge in [-0.3, -0.25) is 9.69 Å². The number of halogens is 1. The van der Waals surface area contributed by atoms with Crippen molar-refractivity contribution >= 4 is 39.8 Å². The van der Waals surface area contributed by atoms with Gasteiger partial charge < -0.3 is 20.1 Å². The number of thiophene rings is 1. The molecule has 9 heteroatoms. The monoisotopic (exact) mass is 465 g/mol. The van der Waals surface area contributed by atoms with Crippen molar-refractivity contribution in [3.05, 3.63) is 40.2 Å². The van der Waals surface area contributed by atoms with Crippen LogP contribution in [0.5, 0.6) is 0 Å². The third kappa shape index (κ3) is 6.75. The summed E-state index contributed by atoms with van der Waals surface area (Å²) in [5.74, 6) is -0.683. The number of carbonyl (C=O) groups excluding carboxylic acids is 2. The van der Waals surface area contributed by atoms with E-state index in [1.807, 2.05) is 23.6 Å². The lowest BCUT2D eigenvalue weighted by molar-refractivity contribution is -0.115. The molecule has 0 unspecified atom stereocenters. The molecule has 1 saturated heterocycles. The van der Waals surface area contributed by atoms with Crippen LogP contribution in [0.2, 0.25) is 5.02 Å². The molecule has 2 N–H and O–H groups in total. The molecule has 1 amide bonds. The van der Waals surface area contributed by atoms with E-state index < -0.39 is 5.97 Å². The lowest BCUT2D eigenvalue weighted by Gasteiger charge is -2.26. The highest BCUT2D eigenvalue weighted by Gasteiger charge is 2.23. The summed E-state index contributed by atoms with van der Waals surface area (Å²) in [7, 11) is 0. The van der Waals surface area contributed by atoms with Gasteiger partial charge in [0.2, 0.25) is 5.91 Å². The molecule has 31 heavy (non-hydrogen) atoms. The molecule has 2 heterocycles. The molecule has 168 valence electrons. The van der Waals surface area contributed by atoms with Crippen molar-refractivity contribution in [3.8, 4) is 11.1 Å². The topological polar surface area (TPSA) is 79.9 Å². The molecule has 1 fully saturated rings. The van der Waals surface area contributed by atoms with E-state index in [1.165, 1.54) is 11.3 Å². The summed E-state index contributed by atoms with van der Waals surface area (Å²) in [5.41, 5.74) is 1.72. The largest absolute Gasteiger partial charge is 0.462 e. The van der Waals surface area contributed by atoms with Crippen molar-refractivity contribution in [1.29, 1.82) is 0 Å². The number of nitrogens with one attached hydrogen (secondary N) is 2. The minimum Gasteiger partial charge on any atom is -0.462 e. The maximum absolute atomic E-state index is 12.6. The molecule has 0 bridgehead atoms. The Morgan fingerprint density at radius 3 is 2.74 bits per heavy atom. The number of morpholine rings is 1. The summed E-state index contributed by atoms with van der Waals surface area (Å²) in [4.78, 5) is 27.4. The second-order valence-electron chi connectivity index (χ2n) is 7.09. The number of anilines is 1. The second kappa shape index (κ2) is 12.2. The van der Waals surface area contributed by atoms with Gasteiger partial charge in [0, 0.05) is 34.6 Å². The predicted molar refractivity (Wildman–Crippen MR) is 124 cm³/mol. The minimum atomic E-state index is -0.479. The van der Waals surface area contributed by atoms with Gasteiger partial charge in [-0.15, -0.1) is 11.3 Å². The van der Waals surface area contributed by atoms with Gasteiger partial charge in [-0.2, -0.15) is 0 Å². The molecule has 0 aliphatic carbocycles. The van der Waals surface area contributed by atoms with Gasteiger partial charge in [-0.05, 0) is 32.5 Å². The molecule has 7 nitrogen and oxygen atoms in total. The molecule has 1 aliphatic rings. The highest BCUT2D eigenvalue weighted by molar-refractivity contribution is 7.15. The van der Waals surface area contributed by atoms with E-state index in [-0.39, 0.29) is 19.1 Å². The zero-order valence-corrected chi connectivity index (χ0v) is 19.2. The maximum atomic E-state index is 12.6. The highest BCUT2D eigenvalue weighted by Crippen LogP contribution is 2.39. The van der Waals surface area contributed by atoms with Crippen LogP contribution in [-0.2, 0) is 14.3 Å². The van der Waals surface area contributed by atoms with Crippen LogP contribution in [0.3, 0.4) is 0 Å². The van der Waals surface area contributed by atoms with E-state index in [0.717, 1.165) is 51.4 Å². The Bertz CT molecular complexity index is 883. The van der Waals surface area contributed by atoms with Gasteiger partial charge in [0.1, 0.15) is 10.6 Å². The Balaban J connectivity index is 1.58. The predicted octanol–water partition coefficient (Wildman–Crippen LogP) is 3.50. The summed E-state index contributed by atoms with van der Waals surface area (Å²) in [6.45, 7) is 7.39. The zero-order chi connectivity index (χ0) is 22.1. The number of hydrogen-bond donors (Lipinski definition) is 2. The SMILES string of the molecule is CCOC(=O)c1c(-c2ccccc2Cl)csc1NC(=O)CNCCCN1CCOCC1. The van der Waals surface area contributed by atoms with Crippen LogP contribution in [0, 0.1) is 0 Å². The minimum absolute atomic E-state index is 0.171. The number of esters is 1. The van der Waals surface area contributed by atoms with Crippen LogP contribution < -0.4 is 10.6 Å². The number of carbonyl (C=O) groups is 2. The molecule has 1 aliphatic heterocycles. The lowest BCUT2D eigenvalue weighted by atomic mass is 10.0. The molecular formula is C22H28ClN3O4S. The Morgan fingerprint density at radius 1 is 1.23 bits per heavy atom. The summed E-state index contributed by atoms with van der Waals surface area (Å²) in [6.07, 6.45) is 0.955. The van der Waals surface area contributed by atoms with Crippen LogP contribution >= 0.6 is 22.9 Å². The molecule has 1 aromatic heterocycles. The second-order valence-corrected chi connectivity index (χ2v) is 8.37. The number of benzene rings is 1. The molecule has 2 aromatic rings. The fraction of sp³-hybridized carbons (Fsp3) is 0.455. The molecule has 0 spiro atoms. The van der Waals surface area contributed by atoms with Crippen molar-refractivity contribution in [2.45, 2.75) is 13.3 Å². The lowest BCUT2D eigenvalue weighted by Crippen LogP contribution is -2.38. The third-order valence-corrected chi connectivity index (χ3v) is 6.13. The number of ether oxygens (including phenoxy) is 2. The van der Waals surface area contributed by atoms with Crippen LogP contribution in [-0.4, -0.2) is 69.3 Å². The van der Waals surface area contributed by atoms with E-state index in [2.05, 4.69) is 15.5 Å². The molecule has 3 rings (SSSR count). The van der Waals surface area contributed by atoms with E-state index in [1.54, 1.807) is 13.0 Å². The number of rotatable bonds is 10. The number of amides is 1. The van der Waals surface area contributed by atoms with Crippen LogP contribution in [0.15, 0.2) is 29.6 Å².